The van der Waals surface area contributed by atoms with Gasteiger partial charge in [-0.3, -0.25) is 19.2 Å². The van der Waals surface area contributed by atoms with Crippen molar-refractivity contribution in [1.29, 1.82) is 0 Å². The van der Waals surface area contributed by atoms with E-state index in [1.165, 1.54) is 6.08 Å². The van der Waals surface area contributed by atoms with Crippen LogP contribution in [0.5, 0.6) is 0 Å². The first kappa shape index (κ1) is 38.8. The van der Waals surface area contributed by atoms with Crippen molar-refractivity contribution in [2.24, 2.45) is 28.6 Å². The number of Topliss-reactive ketones (excluding diaryl/α,β-unsaturated/α-hetero) is 1. The van der Waals surface area contributed by atoms with Gasteiger partial charge in [-0.25, -0.2) is 13.2 Å². The van der Waals surface area contributed by atoms with Crippen molar-refractivity contribution in [3.8, 4) is 0 Å². The molecule has 12 nitrogen and oxygen atoms in total. The molecule has 6 rings (SSSR count). The Morgan fingerprint density at radius 2 is 1.56 bits per heavy atom. The Kier molecular flexibility index (Phi) is 10.2. The summed E-state index contributed by atoms with van der Waals surface area (Å²) in [6, 6.07) is -2.44. The maximum absolute atomic E-state index is 14.9. The Morgan fingerprint density at radius 3 is 2.13 bits per heavy atom. The van der Waals surface area contributed by atoms with Crippen molar-refractivity contribution in [1.82, 2.24) is 26.2 Å². The van der Waals surface area contributed by atoms with E-state index >= 15 is 0 Å². The Hall–Kier alpha value is -2.96. The lowest BCUT2D eigenvalue weighted by molar-refractivity contribution is -0.146. The van der Waals surface area contributed by atoms with E-state index in [0.717, 1.165) is 64.2 Å². The fourth-order valence-corrected chi connectivity index (χ4v) is 11.9. The van der Waals surface area contributed by atoms with Crippen LogP contribution < -0.4 is 21.3 Å². The van der Waals surface area contributed by atoms with Crippen LogP contribution in [-0.2, 0) is 29.0 Å². The minimum Gasteiger partial charge on any atom is -0.346 e. The highest BCUT2D eigenvalue weighted by atomic mass is 32.2. The molecule has 5 aliphatic carbocycles. The van der Waals surface area contributed by atoms with E-state index in [4.69, 9.17) is 0 Å². The number of carbonyl (C=O) groups is 5. The number of hydrogen-bond acceptors (Lipinski definition) is 7. The highest BCUT2D eigenvalue weighted by Gasteiger charge is 2.98. The SMILES string of the molecule is C=CCNC(=O)C(=O)C(CC1CC1)NC(=O)C12CC13C(CN2C(=O)[C@@H](NC(=O)NC1(CS(=O)(=O)C(C)(C)C)CCCCC1)C1CCCCC1)C3(C)C. The second kappa shape index (κ2) is 13.7. The van der Waals surface area contributed by atoms with Crippen LogP contribution in [0.3, 0.4) is 0 Å². The molecule has 1 spiro atoms. The average molecular weight is 744 g/mol. The van der Waals surface area contributed by atoms with Crippen LogP contribution in [0.25, 0.3) is 0 Å². The lowest BCUT2D eigenvalue weighted by Gasteiger charge is -2.41. The molecule has 6 fully saturated rings. The molecule has 13 heteroatoms. The van der Waals surface area contributed by atoms with Crippen LogP contribution in [-0.4, -0.2) is 89.6 Å². The summed E-state index contributed by atoms with van der Waals surface area (Å²) in [6.45, 7) is 13.4. The van der Waals surface area contributed by atoms with Crippen molar-refractivity contribution < 1.29 is 32.4 Å². The first-order chi connectivity index (χ1) is 24.4. The standard InChI is InChI=1S/C39H61N5O7S/c1-7-20-40-31(46)30(45)27(21-25-16-17-25)41-33(48)39-23-38(39)28(36(38,5)6)22-44(39)32(47)29(26-14-10-8-11-15-26)42-34(49)43-37(18-12-9-13-19-37)24-52(50,51)35(2,3)4/h7,25-29H,1,8-24H2,2-6H3,(H,40,46)(H,41,48)(H2,42,43,49)/t27?,28?,29-,38?,39?/m0/s1. The maximum atomic E-state index is 14.9. The van der Waals surface area contributed by atoms with Gasteiger partial charge in [0.2, 0.25) is 17.6 Å². The molecule has 6 aliphatic rings. The molecule has 4 unspecified atom stereocenters. The first-order valence-corrected chi connectivity index (χ1v) is 21.4. The van der Waals surface area contributed by atoms with Crippen LogP contribution >= 0.6 is 0 Å². The predicted molar refractivity (Wildman–Crippen MR) is 198 cm³/mol. The molecule has 5 atom stereocenters. The number of ketones is 1. The zero-order chi connectivity index (χ0) is 37.9. The third-order valence-corrected chi connectivity index (χ3v) is 16.7. The average Bonchev–Trinajstić information content (AvgIpc) is 4.04. The lowest BCUT2D eigenvalue weighted by atomic mass is 9.82. The topological polar surface area (TPSA) is 171 Å². The fourth-order valence-electron chi connectivity index (χ4n) is 10.4. The van der Waals surface area contributed by atoms with Gasteiger partial charge in [0, 0.05) is 18.5 Å². The number of nitrogens with one attached hydrogen (secondary N) is 4. The number of hydrogen-bond donors (Lipinski definition) is 4. The second-order valence-corrected chi connectivity index (χ2v) is 21.2. The number of piperidine rings is 2. The molecular formula is C39H61N5O7S. The molecule has 5 amide bonds. The van der Waals surface area contributed by atoms with Crippen molar-refractivity contribution in [3.05, 3.63) is 12.7 Å². The fraction of sp³-hybridized carbons (Fsp3) is 0.821. The summed E-state index contributed by atoms with van der Waals surface area (Å²) in [5.41, 5.74) is -2.72. The molecule has 290 valence electrons. The summed E-state index contributed by atoms with van der Waals surface area (Å²) in [6.07, 6.45) is 12.3. The summed E-state index contributed by atoms with van der Waals surface area (Å²) >= 11 is 0. The van der Waals surface area contributed by atoms with Gasteiger partial charge in [-0.15, -0.1) is 6.58 Å². The van der Waals surface area contributed by atoms with E-state index in [1.54, 1.807) is 25.7 Å². The number of rotatable bonds is 14. The van der Waals surface area contributed by atoms with Crippen molar-refractivity contribution in [3.63, 3.8) is 0 Å². The number of nitrogens with zero attached hydrogens (tertiary/aromatic N) is 1. The van der Waals surface area contributed by atoms with Crippen LogP contribution in [0, 0.1) is 28.6 Å². The Labute approximate surface area is 309 Å². The van der Waals surface area contributed by atoms with Crippen LogP contribution in [0.4, 0.5) is 4.79 Å². The number of carbonyl (C=O) groups excluding carboxylic acids is 5. The molecule has 5 saturated carbocycles. The molecule has 0 aromatic carbocycles. The van der Waals surface area contributed by atoms with E-state index in [9.17, 15) is 32.4 Å². The van der Waals surface area contributed by atoms with Crippen molar-refractivity contribution in [2.75, 3.05) is 18.8 Å². The maximum Gasteiger partial charge on any atom is 0.315 e. The minimum absolute atomic E-state index is 0.0946. The van der Waals surface area contributed by atoms with Crippen molar-refractivity contribution >= 4 is 39.4 Å². The van der Waals surface area contributed by atoms with E-state index in [0.29, 0.717) is 32.2 Å². The zero-order valence-corrected chi connectivity index (χ0v) is 32.7. The van der Waals surface area contributed by atoms with Gasteiger partial charge in [0.15, 0.2) is 9.84 Å². The van der Waals surface area contributed by atoms with E-state index < -0.39 is 66.8 Å². The minimum atomic E-state index is -3.56. The van der Waals surface area contributed by atoms with Gasteiger partial charge in [0.05, 0.1) is 22.1 Å². The van der Waals surface area contributed by atoms with Gasteiger partial charge in [-0.05, 0) is 82.5 Å². The van der Waals surface area contributed by atoms with E-state index in [1.807, 2.05) is 0 Å². The molecule has 0 bridgehead atoms. The Bertz CT molecular complexity index is 1590. The summed E-state index contributed by atoms with van der Waals surface area (Å²) in [5.74, 6) is -2.11. The number of amides is 5. The Morgan fingerprint density at radius 1 is 0.923 bits per heavy atom. The zero-order valence-electron chi connectivity index (χ0n) is 31.9. The largest absolute Gasteiger partial charge is 0.346 e. The van der Waals surface area contributed by atoms with Gasteiger partial charge in [0.1, 0.15) is 11.6 Å². The van der Waals surface area contributed by atoms with Gasteiger partial charge in [-0.1, -0.05) is 71.3 Å². The molecule has 0 aromatic heterocycles. The highest BCUT2D eigenvalue weighted by Crippen LogP contribution is 2.91. The molecule has 1 aliphatic heterocycles. The predicted octanol–water partition coefficient (Wildman–Crippen LogP) is 3.93. The molecule has 0 radical (unpaired) electrons. The highest BCUT2D eigenvalue weighted by molar-refractivity contribution is 7.92. The summed E-state index contributed by atoms with van der Waals surface area (Å²) in [5, 5.41) is 11.6. The number of sulfone groups is 1. The van der Waals surface area contributed by atoms with Gasteiger partial charge in [-0.2, -0.15) is 0 Å². The first-order valence-electron chi connectivity index (χ1n) is 19.7. The van der Waals surface area contributed by atoms with Gasteiger partial charge >= 0.3 is 6.03 Å². The van der Waals surface area contributed by atoms with Crippen LogP contribution in [0.15, 0.2) is 12.7 Å². The molecule has 0 aromatic rings. The van der Waals surface area contributed by atoms with Crippen LogP contribution in [0.1, 0.15) is 125 Å². The molecule has 1 saturated heterocycles. The number of urea groups is 1. The van der Waals surface area contributed by atoms with Crippen LogP contribution in [0.2, 0.25) is 0 Å². The van der Waals surface area contributed by atoms with E-state index in [-0.39, 0.29) is 41.4 Å². The smallest absolute Gasteiger partial charge is 0.315 e. The second-order valence-electron chi connectivity index (χ2n) is 18.5. The lowest BCUT2D eigenvalue weighted by Crippen LogP contribution is -2.64. The Balaban J connectivity index is 1.25. The number of likely N-dealkylation sites (tertiary alicyclic amines) is 1. The van der Waals surface area contributed by atoms with Gasteiger partial charge in [0.25, 0.3) is 5.91 Å². The molecule has 4 N–H and O–H groups in total. The summed E-state index contributed by atoms with van der Waals surface area (Å²) in [4.78, 5) is 71.3. The molecule has 52 heavy (non-hydrogen) atoms. The summed E-state index contributed by atoms with van der Waals surface area (Å²) in [7, 11) is -3.56. The molecular weight excluding hydrogens is 683 g/mol. The van der Waals surface area contributed by atoms with E-state index in [2.05, 4.69) is 41.7 Å². The van der Waals surface area contributed by atoms with Gasteiger partial charge < -0.3 is 26.2 Å². The molecule has 1 heterocycles. The third kappa shape index (κ3) is 6.69. The monoisotopic (exact) mass is 743 g/mol. The quantitative estimate of drug-likeness (QED) is 0.154. The van der Waals surface area contributed by atoms with Crippen molar-refractivity contribution in [2.45, 2.75) is 152 Å². The third-order valence-electron chi connectivity index (χ3n) is 13.9. The summed E-state index contributed by atoms with van der Waals surface area (Å²) < 4.78 is 25.9. The normalized spacial score (nSPS) is 30.1.